The van der Waals surface area contributed by atoms with Gasteiger partial charge in [-0.2, -0.15) is 36.4 Å². The molecule has 0 aliphatic heterocycles. The number of aryl methyl sites for hydroxylation is 8. The van der Waals surface area contributed by atoms with Crippen molar-refractivity contribution >= 4 is 144 Å². The van der Waals surface area contributed by atoms with Crippen LogP contribution in [0.1, 0.15) is 86.4 Å². The van der Waals surface area contributed by atoms with E-state index >= 15 is 0 Å². The summed E-state index contributed by atoms with van der Waals surface area (Å²) in [5.41, 5.74) is 17.9. The SMILES string of the molecule is CCc1cc2c(-c3ccc(C)o3)cccc2[cH-]1.CCc1cc2c(-c3ccc(C)o3)cccc2[cH-]1.CCc1cc2c(-c3ccco3)cccc2[cH-]1.CCc1cc2c(-c3ccco3)cccc2[cH-]1.CCc1cc2c(-c3ccoc3)cccc2[cH-]1.CCc1cc2c(-c3ccoc3)cccc2[cH-]1.C[Si]C.C[Si]C.C[Si]C.[Cl][Zr+2][Cl].[Cl][Zr+2][Cl].[Cl][Zr+2][Cl]. The molecule has 18 rings (SSSR count). The summed E-state index contributed by atoms with van der Waals surface area (Å²) in [6.45, 7) is 30.0. The summed E-state index contributed by atoms with van der Waals surface area (Å²) in [4.78, 5) is 0. The number of benzene rings is 6. The van der Waals surface area contributed by atoms with Crippen molar-refractivity contribution in [1.82, 2.24) is 0 Å². The van der Waals surface area contributed by atoms with Crippen molar-refractivity contribution in [2.75, 3.05) is 0 Å². The van der Waals surface area contributed by atoms with Gasteiger partial charge in [0, 0.05) is 39.7 Å². The maximum absolute atomic E-state index is 5.72. The van der Waals surface area contributed by atoms with E-state index < -0.39 is 62.5 Å². The summed E-state index contributed by atoms with van der Waals surface area (Å²) in [7, 11) is 32.9. The Hall–Kier alpha value is -6.30. The van der Waals surface area contributed by atoms with Gasteiger partial charge in [-0.1, -0.05) is 128 Å². The molecule has 0 aliphatic rings. The molecular formula is C98H100Cl6O6Si3Zr3. The van der Waals surface area contributed by atoms with Crippen molar-refractivity contribution in [3.63, 3.8) is 0 Å². The van der Waals surface area contributed by atoms with Crippen LogP contribution in [0.15, 0.2) is 307 Å². The number of halogens is 6. The molecule has 0 saturated carbocycles. The summed E-state index contributed by atoms with van der Waals surface area (Å²) < 4.78 is 32.7. The predicted molar refractivity (Wildman–Crippen MR) is 497 cm³/mol. The third-order valence-electron chi connectivity index (χ3n) is 18.6. The fourth-order valence-electron chi connectivity index (χ4n) is 13.2. The van der Waals surface area contributed by atoms with Crippen molar-refractivity contribution in [3.05, 3.63) is 325 Å². The Morgan fingerprint density at radius 1 is 0.276 bits per heavy atom. The number of rotatable bonds is 12. The molecule has 18 aromatic rings. The number of furan rings is 6. The van der Waals surface area contributed by atoms with Gasteiger partial charge >= 0.3 is 114 Å². The normalized spacial score (nSPS) is 10.1. The zero-order valence-electron chi connectivity index (χ0n) is 68.5. The molecule has 0 bridgehead atoms. The third-order valence-corrected chi connectivity index (χ3v) is 18.6. The number of hydrogen-bond acceptors (Lipinski definition) is 6. The van der Waals surface area contributed by atoms with Gasteiger partial charge in [-0.15, -0.1) is 207 Å². The molecule has 0 amide bonds. The van der Waals surface area contributed by atoms with Gasteiger partial charge < -0.3 is 26.5 Å². The van der Waals surface area contributed by atoms with Gasteiger partial charge in [0.25, 0.3) is 0 Å². The van der Waals surface area contributed by atoms with Gasteiger partial charge in [0.1, 0.15) is 34.6 Å². The van der Waals surface area contributed by atoms with Crippen molar-refractivity contribution in [1.29, 1.82) is 0 Å². The van der Waals surface area contributed by atoms with Gasteiger partial charge in [-0.25, -0.2) is 0 Å². The predicted octanol–water partition coefficient (Wildman–Crippen LogP) is 33.4. The molecule has 116 heavy (non-hydrogen) atoms. The monoisotopic (exact) mass is 1940 g/mol. The standard InChI is InChI=1S/2C16H15O.4C15H13O.3C2H6Si.6ClH.3Zr/c2*1-3-12-9-13-5-4-6-14(15(13)10-12)16-8-7-11(2)17-16;2*1-2-11-9-12-5-3-6-13(14(12)10-11)15-7-4-8-16-15;2*1-2-11-8-12-4-3-5-14(15(12)9-11)13-6-7-16-10-13;3*1-3-2;;;;;;;;;/h2*4-10H,3H2,1-2H3;4*3-10H,2H2,1H3;3*1-2H3;6*1H;;;/q6*-1;;;;;;;;;;3*+4/p-6. The molecule has 6 nitrogen and oxygen atoms in total. The van der Waals surface area contributed by atoms with E-state index in [1.807, 2.05) is 74.5 Å². The maximum atomic E-state index is 5.72. The molecule has 0 atom stereocenters. The summed E-state index contributed by atoms with van der Waals surface area (Å²) in [6.07, 6.45) is 16.9. The van der Waals surface area contributed by atoms with Crippen molar-refractivity contribution in [2.24, 2.45) is 0 Å². The Bertz CT molecular complexity index is 5090. The van der Waals surface area contributed by atoms with Crippen LogP contribution in [-0.4, -0.2) is 28.6 Å². The summed E-state index contributed by atoms with van der Waals surface area (Å²) in [5.74, 6) is 5.72. The van der Waals surface area contributed by atoms with Gasteiger partial charge in [-0.3, -0.25) is 0 Å². The Morgan fingerprint density at radius 2 is 0.500 bits per heavy atom. The molecule has 0 aliphatic carbocycles. The van der Waals surface area contributed by atoms with Crippen LogP contribution in [0.25, 0.3) is 132 Å². The molecule has 6 radical (unpaired) electrons. The van der Waals surface area contributed by atoms with Gasteiger partial charge in [0.05, 0.1) is 37.6 Å². The van der Waals surface area contributed by atoms with Crippen LogP contribution in [0.4, 0.5) is 0 Å². The average Bonchev–Trinajstić information content (AvgIpc) is 1.68. The van der Waals surface area contributed by atoms with E-state index in [1.165, 1.54) is 131 Å². The quantitative estimate of drug-likeness (QED) is 0.0896. The van der Waals surface area contributed by atoms with Crippen LogP contribution in [0, 0.1) is 13.8 Å². The van der Waals surface area contributed by atoms with E-state index in [1.54, 1.807) is 37.6 Å². The molecule has 6 aromatic heterocycles. The summed E-state index contributed by atoms with van der Waals surface area (Å²) in [5, 5.41) is 15.6. The molecule has 0 saturated heterocycles. The molecule has 0 N–H and O–H groups in total. The van der Waals surface area contributed by atoms with E-state index in [0.717, 1.165) is 113 Å². The topological polar surface area (TPSA) is 78.8 Å². The van der Waals surface area contributed by atoms with E-state index in [2.05, 4.69) is 263 Å². The van der Waals surface area contributed by atoms with E-state index in [-0.39, 0.29) is 0 Å². The molecule has 594 valence electrons. The first-order chi connectivity index (χ1) is 56.6. The van der Waals surface area contributed by atoms with Crippen LogP contribution in [0.3, 0.4) is 0 Å². The molecule has 0 unspecified atom stereocenters. The van der Waals surface area contributed by atoms with Crippen LogP contribution in [-0.2, 0) is 101 Å². The van der Waals surface area contributed by atoms with Crippen molar-refractivity contribution in [2.45, 2.75) is 133 Å². The van der Waals surface area contributed by atoms with Gasteiger partial charge in [-0.05, 0) is 135 Å². The zero-order chi connectivity index (χ0) is 83.7. The second-order valence-electron chi connectivity index (χ2n) is 26.7. The van der Waals surface area contributed by atoms with Crippen molar-refractivity contribution < 1.29 is 89.0 Å². The van der Waals surface area contributed by atoms with Crippen LogP contribution < -0.4 is 0 Å². The molecular weight excluding hydrogens is 1840 g/mol. The fourth-order valence-corrected chi connectivity index (χ4v) is 13.2. The molecule has 6 heterocycles. The van der Waals surface area contributed by atoms with Crippen LogP contribution in [0.5, 0.6) is 0 Å². The number of fused-ring (bicyclic) bond motifs is 6. The second kappa shape index (κ2) is 53.4. The van der Waals surface area contributed by atoms with Gasteiger partial charge in [0.2, 0.25) is 0 Å². The number of hydrogen-bond donors (Lipinski definition) is 0. The van der Waals surface area contributed by atoms with Crippen LogP contribution in [0.2, 0.25) is 39.3 Å². The Labute approximate surface area is 750 Å². The minimum atomic E-state index is -0.826. The minimum absolute atomic E-state index is 0.826. The second-order valence-corrected chi connectivity index (χ2v) is 40.9. The van der Waals surface area contributed by atoms with E-state index in [0.29, 0.717) is 0 Å². The zero-order valence-corrected chi connectivity index (χ0v) is 83.4. The first kappa shape index (κ1) is 96.8. The van der Waals surface area contributed by atoms with E-state index in [4.69, 9.17) is 77.6 Å². The summed E-state index contributed by atoms with van der Waals surface area (Å²) >= 11 is -2.48. The van der Waals surface area contributed by atoms with Gasteiger partial charge in [0.15, 0.2) is 0 Å². The molecule has 0 spiro atoms. The average molecular weight is 1940 g/mol. The molecule has 12 aromatic carbocycles. The summed E-state index contributed by atoms with van der Waals surface area (Å²) in [6, 6.07) is 85.4. The fraction of sp³-hybridized carbons (Fsp3) is 0.204. The van der Waals surface area contributed by atoms with Crippen molar-refractivity contribution in [3.8, 4) is 67.5 Å². The van der Waals surface area contributed by atoms with E-state index in [9.17, 15) is 0 Å². The molecule has 0 fully saturated rings. The Kier molecular flexibility index (Phi) is 44.6. The third kappa shape index (κ3) is 28.4. The van der Waals surface area contributed by atoms with Crippen LogP contribution >= 0.6 is 51.1 Å². The molecule has 18 heteroatoms. The Balaban J connectivity index is 0.000000185. The Morgan fingerprint density at radius 3 is 0.690 bits per heavy atom. The first-order valence-electron chi connectivity index (χ1n) is 38.6. The first-order valence-corrected chi connectivity index (χ1v) is 63.6.